The standard InChI is InChI=1S/C26H25F3N4O3/c1-31-13-15-8-19(31)11-21-20(9-15)24(26(27,28)29)30-33(21)18-5-3-4-16(10-18)25(34)32(2)17-6-7-22-23(12-17)36-14-35-22/h3-7,10,12,15,19H,8-9,11,13-14H2,1-2H3. The second kappa shape index (κ2) is 8.26. The topological polar surface area (TPSA) is 59.8 Å². The molecule has 2 aliphatic heterocycles. The van der Waals surface area contributed by atoms with E-state index in [0.29, 0.717) is 47.0 Å². The van der Waals surface area contributed by atoms with Gasteiger partial charge in [0.25, 0.3) is 5.91 Å². The molecule has 3 aromatic rings. The van der Waals surface area contributed by atoms with Crippen LogP contribution in [0.2, 0.25) is 0 Å². The number of amides is 1. The van der Waals surface area contributed by atoms with Gasteiger partial charge in [-0.05, 0) is 56.1 Å². The lowest BCUT2D eigenvalue weighted by Crippen LogP contribution is -2.29. The molecular formula is C26H25F3N4O3. The van der Waals surface area contributed by atoms with Crippen LogP contribution in [0.4, 0.5) is 18.9 Å². The number of hydrogen-bond donors (Lipinski definition) is 0. The first-order valence-corrected chi connectivity index (χ1v) is 11.9. The number of hydrogen-bond acceptors (Lipinski definition) is 5. The van der Waals surface area contributed by atoms with Crippen LogP contribution in [-0.4, -0.2) is 54.1 Å². The molecule has 1 aromatic heterocycles. The number of carbonyl (C=O) groups is 1. The number of anilines is 1. The van der Waals surface area contributed by atoms with Gasteiger partial charge in [0.1, 0.15) is 0 Å². The third-order valence-electron chi connectivity index (χ3n) is 7.44. The first kappa shape index (κ1) is 22.9. The van der Waals surface area contributed by atoms with Gasteiger partial charge in [0, 0.05) is 54.6 Å². The number of halogens is 3. The van der Waals surface area contributed by atoms with E-state index in [9.17, 15) is 18.0 Å². The molecule has 3 heterocycles. The molecule has 188 valence electrons. The van der Waals surface area contributed by atoms with Crippen molar-refractivity contribution < 1.29 is 27.4 Å². The van der Waals surface area contributed by atoms with Crippen molar-refractivity contribution in [2.45, 2.75) is 31.5 Å². The number of nitrogens with zero attached hydrogens (tertiary/aromatic N) is 4. The van der Waals surface area contributed by atoms with Crippen LogP contribution < -0.4 is 14.4 Å². The SMILES string of the molecule is CN(C(=O)c1cccc(-n2nc(C(F)(F)F)c3c2CC2CC(C3)CN2C)c1)c1ccc2c(c1)OCO2. The molecular weight excluding hydrogens is 473 g/mol. The van der Waals surface area contributed by atoms with Crippen molar-refractivity contribution in [3.8, 4) is 17.2 Å². The minimum absolute atomic E-state index is 0.129. The average Bonchev–Trinajstić information content (AvgIpc) is 3.52. The first-order valence-electron chi connectivity index (χ1n) is 11.9. The van der Waals surface area contributed by atoms with Gasteiger partial charge >= 0.3 is 6.18 Å². The van der Waals surface area contributed by atoms with Gasteiger partial charge in [-0.15, -0.1) is 0 Å². The zero-order valence-electron chi connectivity index (χ0n) is 19.9. The van der Waals surface area contributed by atoms with Crippen LogP contribution in [0.25, 0.3) is 5.69 Å². The van der Waals surface area contributed by atoms with Crippen molar-refractivity contribution in [1.82, 2.24) is 14.7 Å². The van der Waals surface area contributed by atoms with Crippen LogP contribution in [-0.2, 0) is 19.0 Å². The predicted molar refractivity (Wildman–Crippen MR) is 126 cm³/mol. The zero-order chi connectivity index (χ0) is 25.2. The highest BCUT2D eigenvalue weighted by atomic mass is 19.4. The maximum absolute atomic E-state index is 14.0. The summed E-state index contributed by atoms with van der Waals surface area (Å²) in [5.41, 5.74) is 1.44. The Bertz CT molecular complexity index is 1350. The number of ether oxygens (including phenoxy) is 2. The summed E-state index contributed by atoms with van der Waals surface area (Å²) in [5.74, 6) is 1.05. The Balaban J connectivity index is 1.37. The highest BCUT2D eigenvalue weighted by Gasteiger charge is 2.43. The fraction of sp³-hybridized carbons (Fsp3) is 0.385. The maximum Gasteiger partial charge on any atom is 0.435 e. The summed E-state index contributed by atoms with van der Waals surface area (Å²) in [4.78, 5) is 17.0. The fourth-order valence-electron chi connectivity index (χ4n) is 5.62. The van der Waals surface area contributed by atoms with Gasteiger partial charge in [-0.3, -0.25) is 4.79 Å². The third kappa shape index (κ3) is 3.80. The highest BCUT2D eigenvalue weighted by Crippen LogP contribution is 2.41. The van der Waals surface area contributed by atoms with Crippen molar-refractivity contribution >= 4 is 11.6 Å². The van der Waals surface area contributed by atoms with Crippen molar-refractivity contribution in [2.75, 3.05) is 32.3 Å². The Morgan fingerprint density at radius 3 is 2.72 bits per heavy atom. The second-order valence-corrected chi connectivity index (χ2v) is 9.74. The Morgan fingerprint density at radius 2 is 1.92 bits per heavy atom. The van der Waals surface area contributed by atoms with E-state index < -0.39 is 11.9 Å². The van der Waals surface area contributed by atoms with E-state index in [1.54, 1.807) is 49.5 Å². The van der Waals surface area contributed by atoms with Crippen LogP contribution >= 0.6 is 0 Å². The summed E-state index contributed by atoms with van der Waals surface area (Å²) in [7, 11) is 3.66. The van der Waals surface area contributed by atoms with Gasteiger partial charge < -0.3 is 19.3 Å². The van der Waals surface area contributed by atoms with Gasteiger partial charge in [0.05, 0.1) is 5.69 Å². The van der Waals surface area contributed by atoms with Gasteiger partial charge in [-0.2, -0.15) is 18.3 Å². The Kier molecular flexibility index (Phi) is 5.26. The van der Waals surface area contributed by atoms with E-state index in [1.165, 1.54) is 9.58 Å². The molecule has 2 atom stereocenters. The molecule has 6 rings (SSSR count). The smallest absolute Gasteiger partial charge is 0.435 e. The number of likely N-dealkylation sites (tertiary alicyclic amines) is 1. The first-order chi connectivity index (χ1) is 17.2. The number of fused-ring (bicyclic) bond motifs is 4. The van der Waals surface area contributed by atoms with E-state index in [-0.39, 0.29) is 30.2 Å². The maximum atomic E-state index is 14.0. The average molecular weight is 499 g/mol. The molecule has 1 aliphatic carbocycles. The second-order valence-electron chi connectivity index (χ2n) is 9.74. The van der Waals surface area contributed by atoms with E-state index in [2.05, 4.69) is 10.00 Å². The zero-order valence-corrected chi connectivity index (χ0v) is 19.9. The normalized spacial score (nSPS) is 20.8. The molecule has 3 aliphatic rings. The molecule has 2 unspecified atom stereocenters. The number of rotatable bonds is 3. The molecule has 0 N–H and O–H groups in total. The van der Waals surface area contributed by atoms with Crippen molar-refractivity contribution in [3.05, 3.63) is 65.0 Å². The molecule has 1 saturated heterocycles. The van der Waals surface area contributed by atoms with Gasteiger partial charge in [0.2, 0.25) is 6.79 Å². The van der Waals surface area contributed by atoms with E-state index >= 15 is 0 Å². The lowest BCUT2D eigenvalue weighted by atomic mass is 9.99. The summed E-state index contributed by atoms with van der Waals surface area (Å²) in [6, 6.07) is 12.0. The summed E-state index contributed by atoms with van der Waals surface area (Å²) in [6.07, 6.45) is -2.82. The third-order valence-corrected chi connectivity index (χ3v) is 7.44. The van der Waals surface area contributed by atoms with Crippen LogP contribution in [0.1, 0.15) is 33.7 Å². The molecule has 0 saturated carbocycles. The number of aromatic nitrogens is 2. The van der Waals surface area contributed by atoms with Crippen LogP contribution in [0.3, 0.4) is 0 Å². The quantitative estimate of drug-likeness (QED) is 0.539. The molecule has 10 heteroatoms. The fourth-order valence-corrected chi connectivity index (χ4v) is 5.62. The molecule has 0 spiro atoms. The molecule has 2 bridgehead atoms. The predicted octanol–water partition coefficient (Wildman–Crippen LogP) is 4.32. The lowest BCUT2D eigenvalue weighted by Gasteiger charge is -2.22. The lowest BCUT2D eigenvalue weighted by molar-refractivity contribution is -0.142. The highest BCUT2D eigenvalue weighted by molar-refractivity contribution is 6.06. The Hall–Kier alpha value is -3.53. The summed E-state index contributed by atoms with van der Waals surface area (Å²) < 4.78 is 54.1. The van der Waals surface area contributed by atoms with Crippen LogP contribution in [0.15, 0.2) is 42.5 Å². The largest absolute Gasteiger partial charge is 0.454 e. The molecule has 1 fully saturated rings. The van der Waals surface area contributed by atoms with Crippen molar-refractivity contribution in [3.63, 3.8) is 0 Å². The number of benzene rings is 2. The van der Waals surface area contributed by atoms with Crippen LogP contribution in [0.5, 0.6) is 11.5 Å². The summed E-state index contributed by atoms with van der Waals surface area (Å²) >= 11 is 0. The van der Waals surface area contributed by atoms with Gasteiger partial charge in [-0.1, -0.05) is 6.07 Å². The molecule has 36 heavy (non-hydrogen) atoms. The monoisotopic (exact) mass is 498 g/mol. The Morgan fingerprint density at radius 1 is 1.11 bits per heavy atom. The Labute approximate surface area is 206 Å². The minimum Gasteiger partial charge on any atom is -0.454 e. The van der Waals surface area contributed by atoms with Crippen LogP contribution in [0, 0.1) is 5.92 Å². The van der Waals surface area contributed by atoms with E-state index in [4.69, 9.17) is 9.47 Å². The molecule has 0 radical (unpaired) electrons. The molecule has 2 aromatic carbocycles. The van der Waals surface area contributed by atoms with Gasteiger partial charge in [-0.25, -0.2) is 4.68 Å². The number of carbonyl (C=O) groups excluding carboxylic acids is 1. The summed E-state index contributed by atoms with van der Waals surface area (Å²) in [5, 5.41) is 4.06. The minimum atomic E-state index is -4.54. The van der Waals surface area contributed by atoms with Crippen molar-refractivity contribution in [2.24, 2.45) is 5.92 Å². The van der Waals surface area contributed by atoms with E-state index in [1.807, 2.05) is 7.05 Å². The molecule has 7 nitrogen and oxygen atoms in total. The number of alkyl halides is 3. The summed E-state index contributed by atoms with van der Waals surface area (Å²) in [6.45, 7) is 0.923. The van der Waals surface area contributed by atoms with Gasteiger partial charge in [0.15, 0.2) is 17.2 Å². The number of likely N-dealkylation sites (N-methyl/N-ethyl adjacent to an activating group) is 1. The van der Waals surface area contributed by atoms with E-state index in [0.717, 1.165) is 13.0 Å². The van der Waals surface area contributed by atoms with Crippen molar-refractivity contribution in [1.29, 1.82) is 0 Å². The molecule has 1 amide bonds.